The van der Waals surface area contributed by atoms with Gasteiger partial charge in [0.2, 0.25) is 0 Å². The molecule has 0 aliphatic rings. The average molecular weight is 423 g/mol. The van der Waals surface area contributed by atoms with Crippen LogP contribution < -0.4 is 10.2 Å². The molecule has 9 heteroatoms. The summed E-state index contributed by atoms with van der Waals surface area (Å²) in [6.07, 6.45) is 1.39. The number of carbonyl (C=O) groups is 3. The number of para-hydroxylation sites is 1. The molecule has 30 heavy (non-hydrogen) atoms. The van der Waals surface area contributed by atoms with Crippen molar-refractivity contribution in [1.82, 2.24) is 0 Å². The lowest BCUT2D eigenvalue weighted by atomic mass is 10.3. The Labute approximate surface area is 176 Å². The number of amides is 2. The van der Waals surface area contributed by atoms with Crippen LogP contribution in [0.5, 0.6) is 0 Å². The van der Waals surface area contributed by atoms with Crippen molar-refractivity contribution in [1.29, 1.82) is 5.26 Å². The van der Waals surface area contributed by atoms with E-state index in [1.807, 2.05) is 6.07 Å². The fourth-order valence-electron chi connectivity index (χ4n) is 2.60. The summed E-state index contributed by atoms with van der Waals surface area (Å²) < 4.78 is 10.2. The van der Waals surface area contributed by atoms with Gasteiger partial charge in [-0.25, -0.2) is 4.79 Å². The van der Waals surface area contributed by atoms with Crippen LogP contribution in [0.3, 0.4) is 0 Å². The van der Waals surface area contributed by atoms with E-state index in [1.54, 1.807) is 49.4 Å². The SMILES string of the molecule is Cc1cc(NC(=O)c2ccco2)sc1C(=O)OCC(=O)N(CC#N)c1ccccc1. The highest BCUT2D eigenvalue weighted by atomic mass is 32.1. The topological polar surface area (TPSA) is 113 Å². The fraction of sp³-hybridized carbons (Fsp3) is 0.143. The molecule has 2 heterocycles. The molecular formula is C21H17N3O5S. The summed E-state index contributed by atoms with van der Waals surface area (Å²) in [5.41, 5.74) is 1.14. The number of thiophene rings is 1. The molecule has 0 bridgehead atoms. The van der Waals surface area contributed by atoms with Crippen LogP contribution in [0.1, 0.15) is 25.8 Å². The number of furan rings is 1. The summed E-state index contributed by atoms with van der Waals surface area (Å²) in [4.78, 5) is 38.5. The summed E-state index contributed by atoms with van der Waals surface area (Å²) in [5, 5.41) is 12.1. The van der Waals surface area contributed by atoms with Crippen LogP contribution >= 0.6 is 11.3 Å². The number of carbonyl (C=O) groups excluding carboxylic acids is 3. The number of esters is 1. The smallest absolute Gasteiger partial charge is 0.349 e. The van der Waals surface area contributed by atoms with E-state index in [4.69, 9.17) is 14.4 Å². The molecule has 0 spiro atoms. The van der Waals surface area contributed by atoms with Crippen molar-refractivity contribution in [3.05, 3.63) is 71.0 Å². The minimum absolute atomic E-state index is 0.147. The standard InChI is InChI=1S/C21H17N3O5S/c1-14-12-17(23-20(26)16-8-5-11-28-16)30-19(14)21(27)29-13-18(25)24(10-9-22)15-6-3-2-4-7-15/h2-8,11-12H,10,13H2,1H3,(H,23,26). The Kier molecular flexibility index (Phi) is 6.62. The molecule has 1 N–H and O–H groups in total. The van der Waals surface area contributed by atoms with E-state index < -0.39 is 24.4 Å². The zero-order valence-electron chi connectivity index (χ0n) is 16.0. The fourth-order valence-corrected chi connectivity index (χ4v) is 3.56. The highest BCUT2D eigenvalue weighted by Gasteiger charge is 2.21. The molecule has 0 aliphatic carbocycles. The van der Waals surface area contributed by atoms with E-state index in [0.717, 1.165) is 11.3 Å². The maximum atomic E-state index is 12.5. The van der Waals surface area contributed by atoms with Gasteiger partial charge >= 0.3 is 5.97 Å². The van der Waals surface area contributed by atoms with E-state index in [1.165, 1.54) is 17.2 Å². The van der Waals surface area contributed by atoms with Crippen molar-refractivity contribution in [3.8, 4) is 6.07 Å². The number of rotatable bonds is 7. The number of hydrogen-bond acceptors (Lipinski definition) is 7. The Morgan fingerprint density at radius 3 is 2.63 bits per heavy atom. The van der Waals surface area contributed by atoms with Crippen LogP contribution in [0.25, 0.3) is 0 Å². The Morgan fingerprint density at radius 1 is 1.20 bits per heavy atom. The molecule has 8 nitrogen and oxygen atoms in total. The summed E-state index contributed by atoms with van der Waals surface area (Å²) >= 11 is 1.03. The Morgan fingerprint density at radius 2 is 1.97 bits per heavy atom. The van der Waals surface area contributed by atoms with E-state index in [2.05, 4.69) is 5.32 Å². The number of anilines is 2. The largest absolute Gasteiger partial charge is 0.459 e. The van der Waals surface area contributed by atoms with Gasteiger partial charge in [0, 0.05) is 5.69 Å². The number of benzene rings is 1. The molecule has 0 saturated carbocycles. The van der Waals surface area contributed by atoms with Gasteiger partial charge in [-0.05, 0) is 42.8 Å². The van der Waals surface area contributed by atoms with Crippen LogP contribution in [0.2, 0.25) is 0 Å². The number of ether oxygens (including phenoxy) is 1. The van der Waals surface area contributed by atoms with Gasteiger partial charge in [0.15, 0.2) is 12.4 Å². The zero-order chi connectivity index (χ0) is 21.5. The summed E-state index contributed by atoms with van der Waals surface area (Å²) in [5.74, 6) is -1.49. The predicted molar refractivity (Wildman–Crippen MR) is 110 cm³/mol. The van der Waals surface area contributed by atoms with Crippen LogP contribution in [0.15, 0.2) is 59.2 Å². The third kappa shape index (κ3) is 4.92. The summed E-state index contributed by atoms with van der Waals surface area (Å²) in [7, 11) is 0. The lowest BCUT2D eigenvalue weighted by Gasteiger charge is -2.19. The first-order valence-electron chi connectivity index (χ1n) is 8.84. The lowest BCUT2D eigenvalue weighted by molar-refractivity contribution is -0.121. The normalized spacial score (nSPS) is 10.1. The number of aryl methyl sites for hydroxylation is 1. The molecule has 0 radical (unpaired) electrons. The van der Waals surface area contributed by atoms with Gasteiger partial charge in [-0.3, -0.25) is 14.5 Å². The van der Waals surface area contributed by atoms with Crippen LogP contribution in [0, 0.1) is 18.3 Å². The maximum absolute atomic E-state index is 12.5. The van der Waals surface area contributed by atoms with Crippen LogP contribution in [-0.2, 0) is 9.53 Å². The summed E-state index contributed by atoms with van der Waals surface area (Å²) in [6, 6.07) is 15.3. The van der Waals surface area contributed by atoms with Gasteiger partial charge in [0.25, 0.3) is 11.8 Å². The quantitative estimate of drug-likeness (QED) is 0.459. The minimum Gasteiger partial charge on any atom is -0.459 e. The molecule has 152 valence electrons. The average Bonchev–Trinajstić information content (AvgIpc) is 3.40. The molecule has 3 aromatic rings. The van der Waals surface area contributed by atoms with Crippen LogP contribution in [0.4, 0.5) is 10.7 Å². The van der Waals surface area contributed by atoms with Crippen molar-refractivity contribution in [2.75, 3.05) is 23.4 Å². The van der Waals surface area contributed by atoms with Gasteiger partial charge in [-0.15, -0.1) is 11.3 Å². The van der Waals surface area contributed by atoms with Crippen molar-refractivity contribution >= 4 is 39.8 Å². The first-order valence-corrected chi connectivity index (χ1v) is 9.66. The van der Waals surface area contributed by atoms with E-state index >= 15 is 0 Å². The lowest BCUT2D eigenvalue weighted by Crippen LogP contribution is -2.35. The van der Waals surface area contributed by atoms with Crippen LogP contribution in [-0.4, -0.2) is 30.9 Å². The second-order valence-corrected chi connectivity index (χ2v) is 7.16. The van der Waals surface area contributed by atoms with Gasteiger partial charge in [-0.1, -0.05) is 18.2 Å². The first-order chi connectivity index (χ1) is 14.5. The molecule has 0 saturated heterocycles. The number of hydrogen-bond donors (Lipinski definition) is 1. The predicted octanol–water partition coefficient (Wildman–Crippen LogP) is 3.62. The molecule has 2 amide bonds. The Balaban J connectivity index is 1.63. The van der Waals surface area contributed by atoms with Crippen molar-refractivity contribution in [2.24, 2.45) is 0 Å². The van der Waals surface area contributed by atoms with Crippen molar-refractivity contribution in [3.63, 3.8) is 0 Å². The second kappa shape index (κ2) is 9.54. The highest BCUT2D eigenvalue weighted by Crippen LogP contribution is 2.28. The van der Waals surface area contributed by atoms with E-state index in [0.29, 0.717) is 16.3 Å². The van der Waals surface area contributed by atoms with E-state index in [-0.39, 0.29) is 17.2 Å². The first kappa shape index (κ1) is 20.8. The molecule has 0 aliphatic heterocycles. The van der Waals surface area contributed by atoms with E-state index in [9.17, 15) is 14.4 Å². The minimum atomic E-state index is -0.686. The molecule has 0 atom stereocenters. The molecule has 1 aromatic carbocycles. The number of nitrogens with one attached hydrogen (secondary N) is 1. The third-order valence-corrected chi connectivity index (χ3v) is 5.14. The third-order valence-electron chi connectivity index (χ3n) is 4.01. The summed E-state index contributed by atoms with van der Waals surface area (Å²) in [6.45, 7) is 1.02. The van der Waals surface area contributed by atoms with Gasteiger partial charge in [-0.2, -0.15) is 5.26 Å². The Hall–Kier alpha value is -3.90. The maximum Gasteiger partial charge on any atom is 0.349 e. The number of nitrogens with zero attached hydrogens (tertiary/aromatic N) is 2. The molecule has 2 aromatic heterocycles. The second-order valence-electron chi connectivity index (χ2n) is 6.10. The van der Waals surface area contributed by atoms with Gasteiger partial charge in [0.05, 0.1) is 17.3 Å². The monoisotopic (exact) mass is 423 g/mol. The van der Waals surface area contributed by atoms with Crippen molar-refractivity contribution in [2.45, 2.75) is 6.92 Å². The van der Waals surface area contributed by atoms with Gasteiger partial charge < -0.3 is 14.5 Å². The molecule has 0 unspecified atom stereocenters. The molecule has 3 rings (SSSR count). The van der Waals surface area contributed by atoms with Gasteiger partial charge in [0.1, 0.15) is 11.4 Å². The highest BCUT2D eigenvalue weighted by molar-refractivity contribution is 7.18. The molecule has 0 fully saturated rings. The molecular weight excluding hydrogens is 406 g/mol. The zero-order valence-corrected chi connectivity index (χ0v) is 16.8. The van der Waals surface area contributed by atoms with Crippen molar-refractivity contribution < 1.29 is 23.5 Å². The number of nitriles is 1. The Bertz CT molecular complexity index is 1080.